The molecule has 130 valence electrons. The summed E-state index contributed by atoms with van der Waals surface area (Å²) in [5, 5.41) is 4.32. The van der Waals surface area contributed by atoms with Gasteiger partial charge in [-0.15, -0.1) is 11.3 Å². The van der Waals surface area contributed by atoms with Gasteiger partial charge in [0.25, 0.3) is 0 Å². The third-order valence-electron chi connectivity index (χ3n) is 4.67. The van der Waals surface area contributed by atoms with Crippen LogP contribution in [0.2, 0.25) is 0 Å². The quantitative estimate of drug-likeness (QED) is 0.373. The molecule has 0 fully saturated rings. The van der Waals surface area contributed by atoms with Gasteiger partial charge in [-0.25, -0.2) is 9.37 Å². The van der Waals surface area contributed by atoms with Crippen LogP contribution >= 0.6 is 11.3 Å². The van der Waals surface area contributed by atoms with Crippen LogP contribution in [0.1, 0.15) is 10.5 Å². The van der Waals surface area contributed by atoms with Crippen molar-refractivity contribution in [3.8, 4) is 22.5 Å². The summed E-state index contributed by atoms with van der Waals surface area (Å²) in [6.07, 6.45) is 0.815. The molecular weight excluding hydrogens is 359 g/mol. The molecule has 0 spiro atoms. The number of carbonyl (C=O) groups is 1. The van der Waals surface area contributed by atoms with Gasteiger partial charge in [-0.05, 0) is 41.1 Å². The van der Waals surface area contributed by atoms with Crippen LogP contribution in [-0.2, 0) is 0 Å². The fourth-order valence-electron chi connectivity index (χ4n) is 3.36. The highest BCUT2D eigenvalue weighted by Crippen LogP contribution is 2.33. The van der Waals surface area contributed by atoms with E-state index >= 15 is 0 Å². The first-order chi connectivity index (χ1) is 13.2. The van der Waals surface area contributed by atoms with E-state index in [0.717, 1.165) is 33.5 Å². The lowest BCUT2D eigenvalue weighted by atomic mass is 10.1. The summed E-state index contributed by atoms with van der Waals surface area (Å²) in [5.41, 5.74) is 3.70. The fraction of sp³-hybridized carbons (Fsp3) is 0. The number of carbonyl (C=O) groups excluding carboxylic acids is 1. The van der Waals surface area contributed by atoms with Gasteiger partial charge in [0.15, 0.2) is 11.2 Å². The van der Waals surface area contributed by atoms with Crippen molar-refractivity contribution in [2.45, 2.75) is 0 Å². The van der Waals surface area contributed by atoms with E-state index in [1.165, 1.54) is 28.9 Å². The van der Waals surface area contributed by atoms with Gasteiger partial charge >= 0.3 is 0 Å². The van der Waals surface area contributed by atoms with Crippen LogP contribution in [0.4, 0.5) is 4.39 Å². The second-order valence-electron chi connectivity index (χ2n) is 6.27. The topological polar surface area (TPSA) is 34.4 Å². The summed E-state index contributed by atoms with van der Waals surface area (Å²) >= 11 is 1.48. The minimum atomic E-state index is -0.315. The van der Waals surface area contributed by atoms with Crippen LogP contribution in [0.25, 0.3) is 38.2 Å². The number of rotatable bonds is 3. The second-order valence-corrected chi connectivity index (χ2v) is 7.11. The number of hydrogen-bond acceptors (Lipinski definition) is 3. The van der Waals surface area contributed by atoms with Gasteiger partial charge in [0.05, 0.1) is 5.69 Å². The SMILES string of the molecule is O=Cc1c(-c2ccc(F)cc2)nc2scc(-c3ccc4ccccc4c3)n12. The van der Waals surface area contributed by atoms with Crippen molar-refractivity contribution in [3.05, 3.63) is 83.6 Å². The number of fused-ring (bicyclic) bond motifs is 2. The molecule has 2 heterocycles. The first-order valence-corrected chi connectivity index (χ1v) is 9.33. The summed E-state index contributed by atoms with van der Waals surface area (Å²) in [4.78, 5) is 17.3. The van der Waals surface area contributed by atoms with E-state index in [1.807, 2.05) is 21.9 Å². The molecule has 5 aromatic rings. The number of hydrogen-bond donors (Lipinski definition) is 0. The Morgan fingerprint density at radius 1 is 0.926 bits per heavy atom. The predicted molar refractivity (Wildman–Crippen MR) is 107 cm³/mol. The van der Waals surface area contributed by atoms with Crippen LogP contribution < -0.4 is 0 Å². The Labute approximate surface area is 158 Å². The smallest absolute Gasteiger partial charge is 0.195 e. The average molecular weight is 372 g/mol. The first-order valence-electron chi connectivity index (χ1n) is 8.45. The maximum absolute atomic E-state index is 13.2. The lowest BCUT2D eigenvalue weighted by molar-refractivity contribution is 0.111. The summed E-state index contributed by atoms with van der Waals surface area (Å²) in [6, 6.07) is 20.4. The molecular formula is C22H13FN2OS. The molecule has 0 saturated heterocycles. The molecule has 0 amide bonds. The zero-order valence-electron chi connectivity index (χ0n) is 14.1. The van der Waals surface area contributed by atoms with Gasteiger partial charge in [-0.3, -0.25) is 9.20 Å². The molecule has 0 aliphatic carbocycles. The van der Waals surface area contributed by atoms with Gasteiger partial charge < -0.3 is 0 Å². The zero-order valence-corrected chi connectivity index (χ0v) is 14.9. The highest BCUT2D eigenvalue weighted by atomic mass is 32.1. The number of aldehydes is 1. The molecule has 0 aliphatic rings. The van der Waals surface area contributed by atoms with E-state index < -0.39 is 0 Å². The number of nitrogens with zero attached hydrogens (tertiary/aromatic N) is 2. The summed E-state index contributed by atoms with van der Waals surface area (Å²) in [5.74, 6) is -0.315. The largest absolute Gasteiger partial charge is 0.296 e. The Bertz CT molecular complexity index is 1300. The number of halogens is 1. The molecule has 0 bridgehead atoms. The van der Waals surface area contributed by atoms with Gasteiger partial charge in [0, 0.05) is 16.5 Å². The van der Waals surface area contributed by atoms with Crippen LogP contribution in [0.15, 0.2) is 72.1 Å². The van der Waals surface area contributed by atoms with Gasteiger partial charge in [-0.1, -0.05) is 36.4 Å². The van der Waals surface area contributed by atoms with E-state index in [2.05, 4.69) is 35.3 Å². The van der Waals surface area contributed by atoms with Gasteiger partial charge in [0.2, 0.25) is 0 Å². The predicted octanol–water partition coefficient (Wildman–Crippen LogP) is 5.83. The maximum atomic E-state index is 13.2. The standard InChI is InChI=1S/C22H13FN2OS/c23-18-9-7-15(8-10-18)21-19(12-26)25-20(13-27-22(25)24-21)17-6-5-14-3-1-2-4-16(14)11-17/h1-13H. The van der Waals surface area contributed by atoms with Crippen LogP contribution in [0, 0.1) is 5.82 Å². The normalized spacial score (nSPS) is 11.3. The number of aromatic nitrogens is 2. The van der Waals surface area contributed by atoms with E-state index in [9.17, 15) is 9.18 Å². The van der Waals surface area contributed by atoms with Crippen molar-refractivity contribution in [1.82, 2.24) is 9.38 Å². The van der Waals surface area contributed by atoms with Crippen LogP contribution in [-0.4, -0.2) is 15.7 Å². The van der Waals surface area contributed by atoms with E-state index in [1.54, 1.807) is 12.1 Å². The Morgan fingerprint density at radius 2 is 1.67 bits per heavy atom. The fourth-order valence-corrected chi connectivity index (χ4v) is 4.26. The molecule has 3 aromatic carbocycles. The van der Waals surface area contributed by atoms with Gasteiger partial charge in [0.1, 0.15) is 17.2 Å². The maximum Gasteiger partial charge on any atom is 0.195 e. The summed E-state index contributed by atoms with van der Waals surface area (Å²) in [7, 11) is 0. The Kier molecular flexibility index (Phi) is 3.62. The molecule has 0 unspecified atom stereocenters. The van der Waals surface area contributed by atoms with Crippen molar-refractivity contribution >= 4 is 33.4 Å². The molecule has 0 N–H and O–H groups in total. The molecule has 2 aromatic heterocycles. The lowest BCUT2D eigenvalue weighted by Crippen LogP contribution is -1.94. The highest BCUT2D eigenvalue weighted by Gasteiger charge is 2.18. The van der Waals surface area contributed by atoms with E-state index in [4.69, 9.17) is 0 Å². The van der Waals surface area contributed by atoms with Crippen molar-refractivity contribution in [3.63, 3.8) is 0 Å². The first kappa shape index (κ1) is 15.9. The molecule has 5 rings (SSSR count). The molecule has 0 radical (unpaired) electrons. The Morgan fingerprint density at radius 3 is 2.44 bits per heavy atom. The third kappa shape index (κ3) is 2.55. The van der Waals surface area contributed by atoms with Crippen molar-refractivity contribution in [1.29, 1.82) is 0 Å². The Balaban J connectivity index is 1.73. The third-order valence-corrected chi connectivity index (χ3v) is 5.50. The minimum absolute atomic E-state index is 0.315. The molecule has 5 heteroatoms. The van der Waals surface area contributed by atoms with Crippen molar-refractivity contribution in [2.75, 3.05) is 0 Å². The van der Waals surface area contributed by atoms with Crippen molar-refractivity contribution in [2.24, 2.45) is 0 Å². The summed E-state index contributed by atoms with van der Waals surface area (Å²) < 4.78 is 15.1. The zero-order chi connectivity index (χ0) is 18.4. The molecule has 0 saturated carbocycles. The number of thiazole rings is 1. The average Bonchev–Trinajstić information content (AvgIpc) is 3.27. The number of imidazole rings is 1. The molecule has 0 atom stereocenters. The molecule has 0 aliphatic heterocycles. The van der Waals surface area contributed by atoms with E-state index in [-0.39, 0.29) is 5.82 Å². The molecule has 27 heavy (non-hydrogen) atoms. The molecule has 3 nitrogen and oxygen atoms in total. The van der Waals surface area contributed by atoms with E-state index in [0.29, 0.717) is 11.4 Å². The van der Waals surface area contributed by atoms with Gasteiger partial charge in [-0.2, -0.15) is 0 Å². The monoisotopic (exact) mass is 372 g/mol. The second kappa shape index (κ2) is 6.14. The minimum Gasteiger partial charge on any atom is -0.296 e. The van der Waals surface area contributed by atoms with Crippen molar-refractivity contribution < 1.29 is 9.18 Å². The van der Waals surface area contributed by atoms with Crippen LogP contribution in [0.3, 0.4) is 0 Å². The number of benzene rings is 3. The summed E-state index contributed by atoms with van der Waals surface area (Å²) in [6.45, 7) is 0. The van der Waals surface area contributed by atoms with Crippen LogP contribution in [0.5, 0.6) is 0 Å². The highest BCUT2D eigenvalue weighted by molar-refractivity contribution is 7.15. The Hall–Kier alpha value is -3.31. The lowest BCUT2D eigenvalue weighted by Gasteiger charge is -2.05.